The van der Waals surface area contributed by atoms with E-state index in [-0.39, 0.29) is 0 Å². The number of hydrogen-bond donors (Lipinski definition) is 0. The molecule has 1 heterocycles. The SMILES string of the molecule is [BH3-]c1n(C)cc[n+]1CC. The van der Waals surface area contributed by atoms with E-state index in [2.05, 4.69) is 35.5 Å². The average molecular weight is 124 g/mol. The van der Waals surface area contributed by atoms with Crippen molar-refractivity contribution in [1.29, 1.82) is 0 Å². The Kier molecular flexibility index (Phi) is 1.60. The monoisotopic (exact) mass is 124 g/mol. The Morgan fingerprint density at radius 3 is 2.67 bits per heavy atom. The van der Waals surface area contributed by atoms with Crippen molar-refractivity contribution in [2.45, 2.75) is 13.5 Å². The molecule has 0 radical (unpaired) electrons. The van der Waals surface area contributed by atoms with Crippen LogP contribution in [0, 0.1) is 0 Å². The zero-order chi connectivity index (χ0) is 6.85. The van der Waals surface area contributed by atoms with E-state index in [0.717, 1.165) is 6.54 Å². The lowest BCUT2D eigenvalue weighted by atomic mass is 10.1. The molecule has 0 atom stereocenters. The number of hydrogen-bond acceptors (Lipinski definition) is 0. The fourth-order valence-electron chi connectivity index (χ4n) is 0.626. The lowest BCUT2D eigenvalue weighted by Gasteiger charge is -1.96. The van der Waals surface area contributed by atoms with Gasteiger partial charge in [0.1, 0.15) is 12.4 Å². The number of nitrogens with zero attached hydrogens (tertiary/aromatic N) is 2. The summed E-state index contributed by atoms with van der Waals surface area (Å²) in [5.41, 5.74) is 1.55. The molecule has 0 bridgehead atoms. The molecule has 1 rings (SSSR count). The predicted octanol–water partition coefficient (Wildman–Crippen LogP) is -1.68. The molecule has 0 aliphatic heterocycles. The summed E-state index contributed by atoms with van der Waals surface area (Å²) >= 11 is 0. The zero-order valence-electron chi connectivity index (χ0n) is 5.26. The third-order valence-electron chi connectivity index (χ3n) is 1.10. The van der Waals surface area contributed by atoms with Crippen LogP contribution in [-0.4, -0.2) is 12.4 Å². The first kappa shape index (κ1) is 6.40. The van der Waals surface area contributed by atoms with Crippen LogP contribution in [0.25, 0.3) is 0 Å². The number of rotatable bonds is 1. The summed E-state index contributed by atoms with van der Waals surface area (Å²) in [6, 6.07) is 0. The smallest absolute Gasteiger partial charge is 0.126 e. The van der Waals surface area contributed by atoms with E-state index in [1.165, 1.54) is 0 Å². The minimum absolute atomic E-state index is 0.352. The lowest BCUT2D eigenvalue weighted by Crippen LogP contribution is -2.48. The Bertz CT molecular complexity index is 205. The topological polar surface area (TPSA) is 8.81 Å². The summed E-state index contributed by atoms with van der Waals surface area (Å²) in [6.07, 6.45) is 4.29. The highest BCUT2D eigenvalue weighted by Gasteiger charge is 1.98. The molecule has 0 saturated carbocycles. The maximum absolute atomic E-state index is 2.32. The lowest BCUT2D eigenvalue weighted by molar-refractivity contribution is -0.675. The predicted molar refractivity (Wildman–Crippen MR) is 40.9 cm³/mol. The molecule has 0 N–H and O–H groups in total. The van der Waals surface area contributed by atoms with Crippen LogP contribution in [0.5, 0.6) is 0 Å². The average Bonchev–Trinajstić information content (AvgIpc) is 2.15. The summed E-state index contributed by atoms with van der Waals surface area (Å²) in [7, 11) is 2.47. The molecule has 0 aliphatic carbocycles. The van der Waals surface area contributed by atoms with Crippen LogP contribution < -0.4 is 10.3 Å². The third kappa shape index (κ3) is 0.993. The van der Waals surface area contributed by atoms with Gasteiger partial charge in [-0.2, -0.15) is 0 Å². The van der Waals surface area contributed by atoms with Crippen molar-refractivity contribution in [1.82, 2.24) is 4.57 Å². The molecule has 3 heteroatoms. The van der Waals surface area contributed by atoms with Crippen LogP contribution in [0.1, 0.15) is 6.92 Å². The van der Waals surface area contributed by atoms with Gasteiger partial charge in [0.05, 0.1) is 27.2 Å². The van der Waals surface area contributed by atoms with Crippen molar-refractivity contribution in [3.05, 3.63) is 12.4 Å². The number of imidazole rings is 1. The number of aromatic nitrogens is 2. The Morgan fingerprint density at radius 2 is 2.44 bits per heavy atom. The van der Waals surface area contributed by atoms with Crippen molar-refractivity contribution in [2.24, 2.45) is 7.05 Å². The Balaban J connectivity index is 3.04. The molecule has 0 amide bonds. The molecule has 0 fully saturated rings. The standard InChI is InChI=1S/C6H13BN2/c1-3-9-5-4-8(2)6(9)7/h4-5H,3H2,1-2,7H3. The van der Waals surface area contributed by atoms with E-state index in [0.29, 0.717) is 7.85 Å². The Labute approximate surface area is 56.5 Å². The second kappa shape index (κ2) is 2.25. The molecular formula is C6H13BN2. The van der Waals surface area contributed by atoms with Crippen molar-refractivity contribution in [2.75, 3.05) is 0 Å². The highest BCUT2D eigenvalue weighted by Crippen LogP contribution is 1.71. The molecule has 9 heavy (non-hydrogen) atoms. The van der Waals surface area contributed by atoms with Gasteiger partial charge in [0.2, 0.25) is 0 Å². The molecule has 1 aromatic rings. The van der Waals surface area contributed by atoms with Gasteiger partial charge in [0, 0.05) is 0 Å². The molecule has 50 valence electrons. The van der Waals surface area contributed by atoms with Crippen molar-refractivity contribution in [3.8, 4) is 0 Å². The first-order valence-corrected chi connectivity index (χ1v) is 2.77. The van der Waals surface area contributed by atoms with E-state index in [4.69, 9.17) is 0 Å². The fraction of sp³-hybridized carbons (Fsp3) is 0.500. The molecule has 0 aliphatic rings. The summed E-state index contributed by atoms with van der Waals surface area (Å²) in [4.78, 5) is 0. The van der Waals surface area contributed by atoms with Gasteiger partial charge < -0.3 is 0 Å². The Morgan fingerprint density at radius 1 is 1.78 bits per heavy atom. The van der Waals surface area contributed by atoms with E-state index in [1.54, 1.807) is 5.72 Å². The maximum Gasteiger partial charge on any atom is 0.126 e. The first-order chi connectivity index (χ1) is 4.25. The molecule has 1 aromatic heterocycles. The Hall–Kier alpha value is -0.725. The summed E-state index contributed by atoms with van der Waals surface area (Å²) in [6.45, 7) is 3.31. The summed E-state index contributed by atoms with van der Waals surface area (Å²) < 4.78 is 4.55. The van der Waals surface area contributed by atoms with Crippen LogP contribution in [-0.2, 0) is 13.6 Å². The first-order valence-electron chi connectivity index (χ1n) is 2.77. The van der Waals surface area contributed by atoms with E-state index in [1.807, 2.05) is 0 Å². The van der Waals surface area contributed by atoms with Crippen LogP contribution in [0.2, 0.25) is 0 Å². The van der Waals surface area contributed by atoms with Crippen molar-refractivity contribution >= 4 is 13.6 Å². The van der Waals surface area contributed by atoms with Gasteiger partial charge in [0.25, 0.3) is 0 Å². The molecule has 2 nitrogen and oxygen atoms in total. The second-order valence-electron chi connectivity index (χ2n) is 1.80. The minimum atomic E-state index is 0.352. The minimum Gasteiger partial charge on any atom is -0.275 e. The largest absolute Gasteiger partial charge is 0.275 e. The maximum atomic E-state index is 2.32. The van der Waals surface area contributed by atoms with Crippen LogP contribution in [0.15, 0.2) is 12.4 Å². The fourth-order valence-corrected chi connectivity index (χ4v) is 0.626. The van der Waals surface area contributed by atoms with E-state index >= 15 is 0 Å². The summed E-state index contributed by atoms with van der Waals surface area (Å²) in [5, 5.41) is 0. The van der Waals surface area contributed by atoms with Gasteiger partial charge >= 0.3 is 0 Å². The highest BCUT2D eigenvalue weighted by molar-refractivity contribution is 6.27. The van der Waals surface area contributed by atoms with Crippen LogP contribution in [0.3, 0.4) is 0 Å². The quantitative estimate of drug-likeness (QED) is 0.312. The van der Waals surface area contributed by atoms with Gasteiger partial charge in [0.15, 0.2) is 0 Å². The zero-order valence-corrected chi connectivity index (χ0v) is 5.26. The van der Waals surface area contributed by atoms with E-state index < -0.39 is 0 Å². The van der Waals surface area contributed by atoms with Crippen molar-refractivity contribution < 1.29 is 4.57 Å². The van der Waals surface area contributed by atoms with Crippen LogP contribution >= 0.6 is 0 Å². The molecule has 0 saturated heterocycles. The highest BCUT2D eigenvalue weighted by atomic mass is 15.1. The summed E-state index contributed by atoms with van der Waals surface area (Å²) in [5.74, 6) is 0. The van der Waals surface area contributed by atoms with Gasteiger partial charge in [-0.1, -0.05) is 0 Å². The molecule has 0 spiro atoms. The van der Waals surface area contributed by atoms with Gasteiger partial charge in [-0.15, -0.1) is 0 Å². The molecule has 0 unspecified atom stereocenters. The van der Waals surface area contributed by atoms with Gasteiger partial charge in [-0.3, -0.25) is 9.13 Å². The molecular weight excluding hydrogens is 111 g/mol. The second-order valence-corrected chi connectivity index (χ2v) is 1.80. The van der Waals surface area contributed by atoms with Gasteiger partial charge in [-0.25, -0.2) is 0 Å². The van der Waals surface area contributed by atoms with Gasteiger partial charge in [-0.05, 0) is 6.92 Å². The van der Waals surface area contributed by atoms with E-state index in [9.17, 15) is 0 Å². The third-order valence-corrected chi connectivity index (χ3v) is 1.10. The molecule has 0 aromatic carbocycles. The number of aryl methyl sites for hydroxylation is 2. The van der Waals surface area contributed by atoms with Crippen molar-refractivity contribution in [3.63, 3.8) is 0 Å². The normalized spacial score (nSPS) is 10.1. The van der Waals surface area contributed by atoms with Crippen LogP contribution in [0.4, 0.5) is 0 Å².